The van der Waals surface area contributed by atoms with Crippen molar-refractivity contribution in [1.29, 1.82) is 0 Å². The highest BCUT2D eigenvalue weighted by molar-refractivity contribution is 9.10. The van der Waals surface area contributed by atoms with Crippen molar-refractivity contribution in [1.82, 2.24) is 10.2 Å². The summed E-state index contributed by atoms with van der Waals surface area (Å²) in [5.74, 6) is 1.30. The number of nitrogens with zero attached hydrogens (tertiary/aromatic N) is 1. The van der Waals surface area contributed by atoms with Gasteiger partial charge in [-0.15, -0.1) is 0 Å². The Hall–Kier alpha value is -1.82. The Morgan fingerprint density at radius 2 is 2.15 bits per heavy atom. The molecule has 20 heavy (non-hydrogen) atoms. The Balaban J connectivity index is 1.65. The number of hydrogen-bond donors (Lipinski definition) is 2. The Bertz CT molecular complexity index is 566. The van der Waals surface area contributed by atoms with E-state index in [-0.39, 0.29) is 5.91 Å². The van der Waals surface area contributed by atoms with Gasteiger partial charge in [-0.3, -0.25) is 9.89 Å². The average Bonchev–Trinajstić information content (AvgIpc) is 2.82. The number of amides is 1. The molecule has 0 aliphatic carbocycles. The topological polar surface area (TPSA) is 67.0 Å². The fourth-order valence-electron chi connectivity index (χ4n) is 1.64. The van der Waals surface area contributed by atoms with Crippen molar-refractivity contribution in [2.75, 3.05) is 11.9 Å². The van der Waals surface area contributed by atoms with Crippen molar-refractivity contribution in [3.8, 4) is 5.75 Å². The lowest BCUT2D eigenvalue weighted by molar-refractivity contribution is -0.116. The first-order valence-corrected chi connectivity index (χ1v) is 7.13. The van der Waals surface area contributed by atoms with E-state index < -0.39 is 0 Å². The highest BCUT2D eigenvalue weighted by Gasteiger charge is 2.04. The monoisotopic (exact) mass is 337 g/mol. The first kappa shape index (κ1) is 14.6. The molecule has 0 radical (unpaired) electrons. The summed E-state index contributed by atoms with van der Waals surface area (Å²) in [5.41, 5.74) is 0.916. The van der Waals surface area contributed by atoms with Gasteiger partial charge >= 0.3 is 0 Å². The van der Waals surface area contributed by atoms with Gasteiger partial charge in [0.25, 0.3) is 0 Å². The van der Waals surface area contributed by atoms with Crippen molar-refractivity contribution in [3.63, 3.8) is 0 Å². The number of carbonyl (C=O) groups is 1. The molecule has 1 amide bonds. The van der Waals surface area contributed by atoms with E-state index in [1.165, 1.54) is 0 Å². The van der Waals surface area contributed by atoms with E-state index >= 15 is 0 Å². The van der Waals surface area contributed by atoms with E-state index in [2.05, 4.69) is 31.4 Å². The van der Waals surface area contributed by atoms with E-state index in [1.54, 1.807) is 6.07 Å². The third-order valence-corrected chi connectivity index (χ3v) is 3.13. The number of aromatic amines is 1. The number of rotatable bonds is 6. The minimum absolute atomic E-state index is 0.0593. The van der Waals surface area contributed by atoms with E-state index in [4.69, 9.17) is 4.74 Å². The Morgan fingerprint density at radius 1 is 1.40 bits per heavy atom. The van der Waals surface area contributed by atoms with Crippen LogP contribution < -0.4 is 10.1 Å². The maximum Gasteiger partial charge on any atom is 0.225 e. The molecule has 6 heteroatoms. The number of aromatic nitrogens is 2. The Kier molecular flexibility index (Phi) is 5.17. The van der Waals surface area contributed by atoms with Gasteiger partial charge in [0.15, 0.2) is 5.82 Å². The van der Waals surface area contributed by atoms with Crippen molar-refractivity contribution in [2.45, 2.75) is 19.8 Å². The van der Waals surface area contributed by atoms with E-state index in [0.717, 1.165) is 15.9 Å². The molecule has 0 aliphatic heterocycles. The SMILES string of the molecule is Cc1cc(NC(=O)CCCOc2ccc(Br)cc2)n[nH]1. The molecule has 5 nitrogen and oxygen atoms in total. The van der Waals surface area contributed by atoms with Gasteiger partial charge in [0.2, 0.25) is 5.91 Å². The second kappa shape index (κ2) is 7.09. The van der Waals surface area contributed by atoms with Crippen LogP contribution >= 0.6 is 15.9 Å². The van der Waals surface area contributed by atoms with Gasteiger partial charge < -0.3 is 10.1 Å². The molecule has 1 heterocycles. The lowest BCUT2D eigenvalue weighted by atomic mass is 10.3. The summed E-state index contributed by atoms with van der Waals surface area (Å²) in [5, 5.41) is 9.45. The van der Waals surface area contributed by atoms with Crippen molar-refractivity contribution >= 4 is 27.7 Å². The molecule has 0 saturated carbocycles. The molecule has 0 bridgehead atoms. The first-order valence-electron chi connectivity index (χ1n) is 6.34. The van der Waals surface area contributed by atoms with Crippen LogP contribution in [-0.2, 0) is 4.79 Å². The van der Waals surface area contributed by atoms with E-state index in [9.17, 15) is 4.79 Å². The third-order valence-electron chi connectivity index (χ3n) is 2.60. The minimum Gasteiger partial charge on any atom is -0.494 e. The highest BCUT2D eigenvalue weighted by Crippen LogP contribution is 2.16. The maximum atomic E-state index is 11.7. The summed E-state index contributed by atoms with van der Waals surface area (Å²) < 4.78 is 6.56. The number of nitrogens with one attached hydrogen (secondary N) is 2. The number of aryl methyl sites for hydroxylation is 1. The highest BCUT2D eigenvalue weighted by atomic mass is 79.9. The van der Waals surface area contributed by atoms with Gasteiger partial charge in [-0.05, 0) is 37.6 Å². The average molecular weight is 338 g/mol. The van der Waals surface area contributed by atoms with Gasteiger partial charge in [-0.2, -0.15) is 5.10 Å². The van der Waals surface area contributed by atoms with Crippen LogP contribution in [0.1, 0.15) is 18.5 Å². The lowest BCUT2D eigenvalue weighted by Crippen LogP contribution is -2.13. The minimum atomic E-state index is -0.0593. The summed E-state index contributed by atoms with van der Waals surface area (Å²) in [7, 11) is 0. The molecule has 0 saturated heterocycles. The van der Waals surface area contributed by atoms with Crippen LogP contribution in [0.25, 0.3) is 0 Å². The predicted molar refractivity (Wildman–Crippen MR) is 80.8 cm³/mol. The quantitative estimate of drug-likeness (QED) is 0.795. The molecule has 0 atom stereocenters. The summed E-state index contributed by atoms with van der Waals surface area (Å²) >= 11 is 3.36. The fourth-order valence-corrected chi connectivity index (χ4v) is 1.91. The van der Waals surface area contributed by atoms with Crippen LogP contribution in [0.15, 0.2) is 34.8 Å². The molecule has 0 aliphatic rings. The number of halogens is 1. The molecule has 1 aromatic carbocycles. The van der Waals surface area contributed by atoms with E-state index in [1.807, 2.05) is 31.2 Å². The number of anilines is 1. The van der Waals surface area contributed by atoms with Crippen LogP contribution in [0.3, 0.4) is 0 Å². The molecule has 106 valence electrons. The third kappa shape index (κ3) is 4.70. The Morgan fingerprint density at radius 3 is 2.80 bits per heavy atom. The molecule has 2 aromatic rings. The van der Waals surface area contributed by atoms with Gasteiger partial charge in [0.1, 0.15) is 5.75 Å². The molecule has 1 aromatic heterocycles. The van der Waals surface area contributed by atoms with Gasteiger partial charge in [0, 0.05) is 22.7 Å². The van der Waals surface area contributed by atoms with Crippen molar-refractivity contribution in [3.05, 3.63) is 40.5 Å². The fraction of sp³-hybridized carbons (Fsp3) is 0.286. The summed E-state index contributed by atoms with van der Waals surface area (Å²) in [6.45, 7) is 2.39. The number of hydrogen-bond acceptors (Lipinski definition) is 3. The van der Waals surface area contributed by atoms with Gasteiger partial charge in [-0.25, -0.2) is 0 Å². The zero-order valence-electron chi connectivity index (χ0n) is 11.1. The second-order valence-electron chi connectivity index (χ2n) is 4.39. The van der Waals surface area contributed by atoms with Gasteiger partial charge in [-0.1, -0.05) is 15.9 Å². The molecular weight excluding hydrogens is 322 g/mol. The van der Waals surface area contributed by atoms with Crippen LogP contribution in [0.4, 0.5) is 5.82 Å². The van der Waals surface area contributed by atoms with E-state index in [0.29, 0.717) is 25.3 Å². The standard InChI is InChI=1S/C14H16BrN3O2/c1-10-9-13(18-17-10)16-14(19)3-2-8-20-12-6-4-11(15)5-7-12/h4-7,9H,2-3,8H2,1H3,(H2,16,17,18,19). The van der Waals surface area contributed by atoms with Crippen molar-refractivity contribution in [2.24, 2.45) is 0 Å². The summed E-state index contributed by atoms with van der Waals surface area (Å²) in [6, 6.07) is 9.40. The largest absolute Gasteiger partial charge is 0.494 e. The predicted octanol–water partition coefficient (Wildman–Crippen LogP) is 3.28. The number of ether oxygens (including phenoxy) is 1. The Labute approximate surface area is 125 Å². The zero-order chi connectivity index (χ0) is 14.4. The van der Waals surface area contributed by atoms with Gasteiger partial charge in [0.05, 0.1) is 6.61 Å². The molecule has 2 N–H and O–H groups in total. The summed E-state index contributed by atoms with van der Waals surface area (Å²) in [6.07, 6.45) is 1.06. The maximum absolute atomic E-state index is 11.7. The van der Waals surface area contributed by atoms with Crippen LogP contribution in [0.5, 0.6) is 5.75 Å². The zero-order valence-corrected chi connectivity index (χ0v) is 12.7. The molecular formula is C14H16BrN3O2. The smallest absolute Gasteiger partial charge is 0.225 e. The molecule has 0 unspecified atom stereocenters. The molecule has 0 spiro atoms. The normalized spacial score (nSPS) is 10.3. The number of carbonyl (C=O) groups excluding carboxylic acids is 1. The lowest BCUT2D eigenvalue weighted by Gasteiger charge is -2.06. The number of benzene rings is 1. The molecule has 0 fully saturated rings. The van der Waals surface area contributed by atoms with Crippen LogP contribution in [0.2, 0.25) is 0 Å². The summed E-state index contributed by atoms with van der Waals surface area (Å²) in [4.78, 5) is 11.7. The molecule has 2 rings (SSSR count). The second-order valence-corrected chi connectivity index (χ2v) is 5.31. The van der Waals surface area contributed by atoms with Crippen LogP contribution in [0, 0.1) is 6.92 Å². The van der Waals surface area contributed by atoms with Crippen molar-refractivity contribution < 1.29 is 9.53 Å². The van der Waals surface area contributed by atoms with Crippen LogP contribution in [-0.4, -0.2) is 22.7 Å². The number of H-pyrrole nitrogens is 1. The first-order chi connectivity index (χ1) is 9.63.